The molecule has 1 atom stereocenters. The summed E-state index contributed by atoms with van der Waals surface area (Å²) in [6, 6.07) is 7.47. The monoisotopic (exact) mass is 304 g/mol. The van der Waals surface area contributed by atoms with Crippen molar-refractivity contribution in [3.05, 3.63) is 29.8 Å². The third-order valence-corrected chi connectivity index (χ3v) is 4.63. The first-order valence-electron chi connectivity index (χ1n) is 8.15. The van der Waals surface area contributed by atoms with Gasteiger partial charge in [0.05, 0.1) is 6.10 Å². The molecule has 2 heterocycles. The van der Waals surface area contributed by atoms with Crippen molar-refractivity contribution >= 4 is 6.03 Å². The van der Waals surface area contributed by atoms with Crippen LogP contribution in [0.2, 0.25) is 0 Å². The zero-order chi connectivity index (χ0) is 15.4. The van der Waals surface area contributed by atoms with Crippen LogP contribution in [0.1, 0.15) is 37.2 Å². The molecule has 2 N–H and O–H groups in total. The number of carbonyl (C=O) groups is 1. The van der Waals surface area contributed by atoms with E-state index in [2.05, 4.69) is 11.4 Å². The van der Waals surface area contributed by atoms with Crippen molar-refractivity contribution in [2.24, 2.45) is 0 Å². The van der Waals surface area contributed by atoms with Crippen molar-refractivity contribution in [2.75, 3.05) is 26.2 Å². The van der Waals surface area contributed by atoms with Gasteiger partial charge in [-0.1, -0.05) is 12.1 Å². The first kappa shape index (κ1) is 15.2. The minimum absolute atomic E-state index is 0.0184. The molecule has 2 amide bonds. The number of phenolic OH excluding ortho intramolecular Hbond substituents is 1. The zero-order valence-electron chi connectivity index (χ0n) is 12.8. The molecule has 2 aliphatic rings. The first-order chi connectivity index (χ1) is 10.7. The van der Waals surface area contributed by atoms with Gasteiger partial charge in [0.1, 0.15) is 5.75 Å². The molecule has 0 radical (unpaired) electrons. The number of hydrogen-bond donors (Lipinski definition) is 2. The molecule has 2 fully saturated rings. The molecule has 0 spiro atoms. The van der Waals surface area contributed by atoms with E-state index in [1.165, 1.54) is 5.56 Å². The summed E-state index contributed by atoms with van der Waals surface area (Å²) in [4.78, 5) is 14.1. The standard InChI is InChI=1S/C17H24N2O3/c20-15-4-1-3-14(11-15)13-6-8-19(9-7-13)17(21)18-12-16-5-2-10-22-16/h1,3-4,11,13,16,20H,2,5-10,12H2,(H,18,21)/t16-/m0/s1. The van der Waals surface area contributed by atoms with E-state index < -0.39 is 0 Å². The highest BCUT2D eigenvalue weighted by atomic mass is 16.5. The summed E-state index contributed by atoms with van der Waals surface area (Å²) >= 11 is 0. The van der Waals surface area contributed by atoms with Gasteiger partial charge in [-0.2, -0.15) is 0 Å². The lowest BCUT2D eigenvalue weighted by molar-refractivity contribution is 0.108. The van der Waals surface area contributed by atoms with E-state index in [4.69, 9.17) is 4.74 Å². The molecule has 3 rings (SSSR count). The molecular weight excluding hydrogens is 280 g/mol. The van der Waals surface area contributed by atoms with E-state index in [-0.39, 0.29) is 12.1 Å². The molecule has 0 saturated carbocycles. The lowest BCUT2D eigenvalue weighted by Crippen LogP contribution is -2.46. The molecule has 2 aliphatic heterocycles. The average Bonchev–Trinajstić information content (AvgIpc) is 3.06. The van der Waals surface area contributed by atoms with Gasteiger partial charge in [-0.05, 0) is 49.3 Å². The molecule has 0 aliphatic carbocycles. The fourth-order valence-electron chi connectivity index (χ4n) is 3.31. The number of urea groups is 1. The third-order valence-electron chi connectivity index (χ3n) is 4.63. The number of nitrogens with zero attached hydrogens (tertiary/aromatic N) is 1. The SMILES string of the molecule is O=C(NC[C@@H]1CCCO1)N1CCC(c2cccc(O)c2)CC1. The van der Waals surface area contributed by atoms with E-state index in [0.717, 1.165) is 45.4 Å². The summed E-state index contributed by atoms with van der Waals surface area (Å²) in [5.74, 6) is 0.739. The van der Waals surface area contributed by atoms with Crippen LogP contribution in [-0.4, -0.2) is 48.4 Å². The Balaban J connectivity index is 1.45. The molecule has 22 heavy (non-hydrogen) atoms. The molecule has 0 aromatic heterocycles. The van der Waals surface area contributed by atoms with Gasteiger partial charge in [-0.3, -0.25) is 0 Å². The Morgan fingerprint density at radius 2 is 2.14 bits per heavy atom. The van der Waals surface area contributed by atoms with Gasteiger partial charge in [0, 0.05) is 26.2 Å². The van der Waals surface area contributed by atoms with E-state index in [9.17, 15) is 9.90 Å². The fourth-order valence-corrected chi connectivity index (χ4v) is 3.31. The topological polar surface area (TPSA) is 61.8 Å². The summed E-state index contributed by atoms with van der Waals surface area (Å²) < 4.78 is 5.52. The molecule has 2 saturated heterocycles. The van der Waals surface area contributed by atoms with Crippen molar-refractivity contribution in [1.29, 1.82) is 0 Å². The van der Waals surface area contributed by atoms with E-state index in [0.29, 0.717) is 18.2 Å². The van der Waals surface area contributed by atoms with Crippen LogP contribution in [-0.2, 0) is 4.74 Å². The second-order valence-electron chi connectivity index (χ2n) is 6.18. The Bertz CT molecular complexity index is 506. The van der Waals surface area contributed by atoms with Crippen LogP contribution in [0.4, 0.5) is 4.79 Å². The Morgan fingerprint density at radius 1 is 1.32 bits per heavy atom. The summed E-state index contributed by atoms with van der Waals surface area (Å²) in [7, 11) is 0. The molecule has 1 aromatic rings. The van der Waals surface area contributed by atoms with Gasteiger partial charge in [-0.15, -0.1) is 0 Å². The predicted molar refractivity (Wildman–Crippen MR) is 84.0 cm³/mol. The first-order valence-corrected chi connectivity index (χ1v) is 8.15. The minimum Gasteiger partial charge on any atom is -0.508 e. The highest BCUT2D eigenvalue weighted by molar-refractivity contribution is 5.74. The van der Waals surface area contributed by atoms with Crippen molar-refractivity contribution in [3.8, 4) is 5.75 Å². The maximum absolute atomic E-state index is 12.2. The maximum Gasteiger partial charge on any atom is 0.317 e. The molecule has 120 valence electrons. The average molecular weight is 304 g/mol. The number of benzene rings is 1. The van der Waals surface area contributed by atoms with Gasteiger partial charge in [0.25, 0.3) is 0 Å². The number of amides is 2. The van der Waals surface area contributed by atoms with Crippen LogP contribution >= 0.6 is 0 Å². The Kier molecular flexibility index (Phi) is 4.83. The smallest absolute Gasteiger partial charge is 0.317 e. The van der Waals surface area contributed by atoms with E-state index in [1.54, 1.807) is 6.07 Å². The van der Waals surface area contributed by atoms with Crippen molar-refractivity contribution < 1.29 is 14.6 Å². The number of likely N-dealkylation sites (tertiary alicyclic amines) is 1. The highest BCUT2D eigenvalue weighted by Gasteiger charge is 2.25. The molecule has 0 unspecified atom stereocenters. The van der Waals surface area contributed by atoms with E-state index >= 15 is 0 Å². The van der Waals surface area contributed by atoms with Crippen LogP contribution < -0.4 is 5.32 Å². The summed E-state index contributed by atoms with van der Waals surface area (Å²) in [6.45, 7) is 2.95. The fraction of sp³-hybridized carbons (Fsp3) is 0.588. The third kappa shape index (κ3) is 3.71. The number of aromatic hydroxyl groups is 1. The normalized spacial score (nSPS) is 22.7. The molecule has 0 bridgehead atoms. The molecular formula is C17H24N2O3. The van der Waals surface area contributed by atoms with Gasteiger partial charge in [0.2, 0.25) is 0 Å². The number of ether oxygens (including phenoxy) is 1. The van der Waals surface area contributed by atoms with Gasteiger partial charge < -0.3 is 20.1 Å². The van der Waals surface area contributed by atoms with Crippen LogP contribution in [0.15, 0.2) is 24.3 Å². The van der Waals surface area contributed by atoms with Crippen LogP contribution in [0, 0.1) is 0 Å². The van der Waals surface area contributed by atoms with Crippen molar-refractivity contribution in [3.63, 3.8) is 0 Å². The summed E-state index contributed by atoms with van der Waals surface area (Å²) in [5.41, 5.74) is 1.17. The second kappa shape index (κ2) is 7.01. The van der Waals surface area contributed by atoms with Crippen LogP contribution in [0.3, 0.4) is 0 Å². The minimum atomic E-state index is 0.0184. The lowest BCUT2D eigenvalue weighted by Gasteiger charge is -2.32. The van der Waals surface area contributed by atoms with Crippen LogP contribution in [0.25, 0.3) is 0 Å². The Hall–Kier alpha value is -1.75. The number of carbonyl (C=O) groups excluding carboxylic acids is 1. The van der Waals surface area contributed by atoms with Crippen LogP contribution in [0.5, 0.6) is 5.75 Å². The van der Waals surface area contributed by atoms with Crippen molar-refractivity contribution in [1.82, 2.24) is 10.2 Å². The molecule has 5 heteroatoms. The summed E-state index contributed by atoms with van der Waals surface area (Å²) in [5, 5.41) is 12.6. The zero-order valence-corrected chi connectivity index (χ0v) is 12.8. The van der Waals surface area contributed by atoms with Crippen molar-refractivity contribution in [2.45, 2.75) is 37.7 Å². The van der Waals surface area contributed by atoms with Gasteiger partial charge >= 0.3 is 6.03 Å². The molecule has 1 aromatic carbocycles. The quantitative estimate of drug-likeness (QED) is 0.901. The molecule has 5 nitrogen and oxygen atoms in total. The number of nitrogens with one attached hydrogen (secondary N) is 1. The Morgan fingerprint density at radius 3 is 2.82 bits per heavy atom. The highest BCUT2D eigenvalue weighted by Crippen LogP contribution is 2.29. The lowest BCUT2D eigenvalue weighted by atomic mass is 9.89. The summed E-state index contributed by atoms with van der Waals surface area (Å²) in [6.07, 6.45) is 4.21. The number of rotatable bonds is 3. The Labute approximate surface area is 131 Å². The largest absolute Gasteiger partial charge is 0.508 e. The number of phenols is 1. The van der Waals surface area contributed by atoms with Gasteiger partial charge in [-0.25, -0.2) is 4.79 Å². The second-order valence-corrected chi connectivity index (χ2v) is 6.18. The number of piperidine rings is 1. The number of hydrogen-bond acceptors (Lipinski definition) is 3. The van der Waals surface area contributed by atoms with E-state index in [1.807, 2.05) is 17.0 Å². The van der Waals surface area contributed by atoms with Gasteiger partial charge in [0.15, 0.2) is 0 Å². The predicted octanol–water partition coefficient (Wildman–Crippen LogP) is 2.46. The maximum atomic E-state index is 12.2.